The van der Waals surface area contributed by atoms with Crippen molar-refractivity contribution in [1.82, 2.24) is 4.90 Å². The molecule has 0 spiro atoms. The highest BCUT2D eigenvalue weighted by Crippen LogP contribution is 2.34. The van der Waals surface area contributed by atoms with Crippen molar-refractivity contribution in [2.45, 2.75) is 45.3 Å². The van der Waals surface area contributed by atoms with Gasteiger partial charge in [-0.1, -0.05) is 18.2 Å². The van der Waals surface area contributed by atoms with E-state index in [-0.39, 0.29) is 12.1 Å². The smallest absolute Gasteiger partial charge is 0.410 e. The molecule has 1 N–H and O–H groups in total. The van der Waals surface area contributed by atoms with Gasteiger partial charge in [0.1, 0.15) is 17.0 Å². The van der Waals surface area contributed by atoms with Crippen LogP contribution in [-0.4, -0.2) is 34.8 Å². The first-order valence-corrected chi connectivity index (χ1v) is 7.08. The van der Waals surface area contributed by atoms with Crippen LogP contribution in [0, 0.1) is 12.7 Å². The number of ether oxygens (including phenoxy) is 1. The van der Waals surface area contributed by atoms with Crippen molar-refractivity contribution in [3.8, 4) is 0 Å². The Labute approximate surface area is 124 Å². The zero-order valence-electron chi connectivity index (χ0n) is 12.9. The SMILES string of the molecule is Cc1cccc(C2(O)CCN(C(=O)OC(C)(C)C)C2)c1F. The molecule has 1 fully saturated rings. The van der Waals surface area contributed by atoms with E-state index in [9.17, 15) is 14.3 Å². The lowest BCUT2D eigenvalue weighted by molar-refractivity contribution is 0.0128. The van der Waals surface area contributed by atoms with E-state index in [1.54, 1.807) is 45.9 Å². The molecule has 0 bridgehead atoms. The molecule has 1 aliphatic rings. The third-order valence-corrected chi connectivity index (χ3v) is 3.59. The fourth-order valence-electron chi connectivity index (χ4n) is 2.50. The monoisotopic (exact) mass is 295 g/mol. The zero-order chi connectivity index (χ0) is 15.8. The Kier molecular flexibility index (Phi) is 3.97. The third kappa shape index (κ3) is 3.35. The summed E-state index contributed by atoms with van der Waals surface area (Å²) in [5.41, 5.74) is -1.22. The van der Waals surface area contributed by atoms with Crippen LogP contribution in [0.3, 0.4) is 0 Å². The molecule has 1 saturated heterocycles. The summed E-state index contributed by atoms with van der Waals surface area (Å²) >= 11 is 0. The predicted molar refractivity (Wildman–Crippen MR) is 77.5 cm³/mol. The van der Waals surface area contributed by atoms with E-state index in [0.29, 0.717) is 18.5 Å². The van der Waals surface area contributed by atoms with Crippen molar-refractivity contribution in [3.05, 3.63) is 35.1 Å². The number of amides is 1. The summed E-state index contributed by atoms with van der Waals surface area (Å²) in [6.07, 6.45) is -0.182. The number of carbonyl (C=O) groups is 1. The van der Waals surface area contributed by atoms with Gasteiger partial charge in [0.05, 0.1) is 6.54 Å². The van der Waals surface area contributed by atoms with Crippen LogP contribution in [0.5, 0.6) is 0 Å². The van der Waals surface area contributed by atoms with E-state index in [1.165, 1.54) is 4.90 Å². The summed E-state index contributed by atoms with van der Waals surface area (Å²) < 4.78 is 19.5. The standard InChI is InChI=1S/C16H22FNO3/c1-11-6-5-7-12(13(11)17)16(20)8-9-18(10-16)14(19)21-15(2,3)4/h5-7,20H,8-10H2,1-4H3. The highest BCUT2D eigenvalue weighted by molar-refractivity contribution is 5.68. The first-order chi connectivity index (χ1) is 9.62. The van der Waals surface area contributed by atoms with Gasteiger partial charge >= 0.3 is 6.09 Å². The molecular weight excluding hydrogens is 273 g/mol. The number of aliphatic hydroxyl groups is 1. The highest BCUT2D eigenvalue weighted by atomic mass is 19.1. The Morgan fingerprint density at radius 2 is 2.10 bits per heavy atom. The molecule has 116 valence electrons. The van der Waals surface area contributed by atoms with Crippen LogP contribution in [0.1, 0.15) is 38.3 Å². The van der Waals surface area contributed by atoms with E-state index in [0.717, 1.165) is 0 Å². The minimum atomic E-state index is -1.35. The molecule has 0 radical (unpaired) electrons. The Morgan fingerprint density at radius 1 is 1.43 bits per heavy atom. The first kappa shape index (κ1) is 15.8. The van der Waals surface area contributed by atoms with Crippen molar-refractivity contribution >= 4 is 6.09 Å². The zero-order valence-corrected chi connectivity index (χ0v) is 12.9. The predicted octanol–water partition coefficient (Wildman–Crippen LogP) is 2.96. The number of halogens is 1. The van der Waals surface area contributed by atoms with E-state index in [4.69, 9.17) is 4.74 Å². The molecule has 1 aromatic carbocycles. The summed E-state index contributed by atoms with van der Waals surface area (Å²) in [6, 6.07) is 4.94. The summed E-state index contributed by atoms with van der Waals surface area (Å²) in [5, 5.41) is 10.7. The van der Waals surface area contributed by atoms with Gasteiger partial charge in [0, 0.05) is 12.1 Å². The molecule has 1 amide bonds. The number of aryl methyl sites for hydroxylation is 1. The van der Waals surface area contributed by atoms with E-state index in [2.05, 4.69) is 0 Å². The van der Waals surface area contributed by atoms with Crippen molar-refractivity contribution in [1.29, 1.82) is 0 Å². The number of hydrogen-bond donors (Lipinski definition) is 1. The maximum atomic E-state index is 14.2. The normalized spacial score (nSPS) is 22.5. The van der Waals surface area contributed by atoms with Crippen LogP contribution >= 0.6 is 0 Å². The van der Waals surface area contributed by atoms with Gasteiger partial charge in [-0.25, -0.2) is 9.18 Å². The minimum Gasteiger partial charge on any atom is -0.444 e. The van der Waals surface area contributed by atoms with Gasteiger partial charge in [0.25, 0.3) is 0 Å². The molecule has 21 heavy (non-hydrogen) atoms. The Bertz CT molecular complexity index is 553. The minimum absolute atomic E-state index is 0.0439. The molecule has 5 heteroatoms. The molecule has 0 aromatic heterocycles. The number of benzene rings is 1. The Hall–Kier alpha value is -1.62. The second-order valence-corrected chi connectivity index (χ2v) is 6.62. The van der Waals surface area contributed by atoms with Crippen molar-refractivity contribution in [2.75, 3.05) is 13.1 Å². The second-order valence-electron chi connectivity index (χ2n) is 6.62. The molecule has 1 unspecified atom stereocenters. The Balaban J connectivity index is 2.17. The Morgan fingerprint density at radius 3 is 2.71 bits per heavy atom. The van der Waals surface area contributed by atoms with Crippen LogP contribution in [0.25, 0.3) is 0 Å². The summed E-state index contributed by atoms with van der Waals surface area (Å²) in [4.78, 5) is 13.5. The van der Waals surface area contributed by atoms with Gasteiger partial charge in [-0.05, 0) is 39.7 Å². The van der Waals surface area contributed by atoms with Gasteiger partial charge in [0.2, 0.25) is 0 Å². The van der Waals surface area contributed by atoms with Crippen LogP contribution in [-0.2, 0) is 10.3 Å². The summed E-state index contributed by atoms with van der Waals surface area (Å²) in [6.45, 7) is 7.40. The van der Waals surface area contributed by atoms with Crippen molar-refractivity contribution < 1.29 is 19.0 Å². The summed E-state index contributed by atoms with van der Waals surface area (Å²) in [7, 11) is 0. The quantitative estimate of drug-likeness (QED) is 0.866. The lowest BCUT2D eigenvalue weighted by Gasteiger charge is -2.27. The maximum absolute atomic E-state index is 14.2. The van der Waals surface area contributed by atoms with E-state index in [1.807, 2.05) is 0 Å². The average molecular weight is 295 g/mol. The molecule has 0 aliphatic carbocycles. The fourth-order valence-corrected chi connectivity index (χ4v) is 2.50. The van der Waals surface area contributed by atoms with Crippen LogP contribution in [0.4, 0.5) is 9.18 Å². The fraction of sp³-hybridized carbons (Fsp3) is 0.562. The van der Waals surface area contributed by atoms with Crippen molar-refractivity contribution in [3.63, 3.8) is 0 Å². The average Bonchev–Trinajstić information content (AvgIpc) is 2.74. The topological polar surface area (TPSA) is 49.8 Å². The van der Waals surface area contributed by atoms with E-state index < -0.39 is 23.1 Å². The van der Waals surface area contributed by atoms with Gasteiger partial charge in [0.15, 0.2) is 0 Å². The van der Waals surface area contributed by atoms with Crippen molar-refractivity contribution in [2.24, 2.45) is 0 Å². The maximum Gasteiger partial charge on any atom is 0.410 e. The lowest BCUT2D eigenvalue weighted by atomic mass is 9.91. The van der Waals surface area contributed by atoms with Gasteiger partial charge in [-0.15, -0.1) is 0 Å². The molecule has 0 saturated carbocycles. The summed E-state index contributed by atoms with van der Waals surface area (Å²) in [5.74, 6) is -0.411. The number of β-amino-alcohol motifs (C(OH)–C–C–N with tert-alkyl or cyclic N) is 1. The molecule has 2 rings (SSSR count). The van der Waals surface area contributed by atoms with Gasteiger partial charge in [-0.2, -0.15) is 0 Å². The number of rotatable bonds is 1. The third-order valence-electron chi connectivity index (χ3n) is 3.59. The first-order valence-electron chi connectivity index (χ1n) is 7.08. The molecule has 1 heterocycles. The largest absolute Gasteiger partial charge is 0.444 e. The molecule has 1 atom stereocenters. The van der Waals surface area contributed by atoms with Crippen LogP contribution in [0.15, 0.2) is 18.2 Å². The lowest BCUT2D eigenvalue weighted by Crippen LogP contribution is -2.38. The molecule has 4 nitrogen and oxygen atoms in total. The van der Waals surface area contributed by atoms with Crippen LogP contribution in [0.2, 0.25) is 0 Å². The van der Waals surface area contributed by atoms with Gasteiger partial charge in [-0.3, -0.25) is 0 Å². The number of carbonyl (C=O) groups excluding carboxylic acids is 1. The number of likely N-dealkylation sites (tertiary alicyclic amines) is 1. The molecule has 1 aromatic rings. The van der Waals surface area contributed by atoms with Crippen LogP contribution < -0.4 is 0 Å². The number of hydrogen-bond acceptors (Lipinski definition) is 3. The second kappa shape index (κ2) is 5.30. The molecule has 1 aliphatic heterocycles. The van der Waals surface area contributed by atoms with E-state index >= 15 is 0 Å². The van der Waals surface area contributed by atoms with Gasteiger partial charge < -0.3 is 14.7 Å². The highest BCUT2D eigenvalue weighted by Gasteiger charge is 2.42. The number of nitrogens with zero attached hydrogens (tertiary/aromatic N) is 1. The molecular formula is C16H22FNO3.